The highest BCUT2D eigenvalue weighted by Crippen LogP contribution is 2.39. The van der Waals surface area contributed by atoms with Gasteiger partial charge in [-0.15, -0.1) is 0 Å². The lowest BCUT2D eigenvalue weighted by Crippen LogP contribution is -2.15. The maximum Gasteiger partial charge on any atom is 0.419 e. The van der Waals surface area contributed by atoms with Gasteiger partial charge in [-0.1, -0.05) is 17.3 Å². The second kappa shape index (κ2) is 9.86. The van der Waals surface area contributed by atoms with Gasteiger partial charge in [0.1, 0.15) is 5.75 Å². The third-order valence-corrected chi connectivity index (χ3v) is 5.54. The zero-order valence-electron chi connectivity index (χ0n) is 18.2. The Morgan fingerprint density at radius 1 is 1.03 bits per heavy atom. The average Bonchev–Trinajstić information content (AvgIpc) is 3.45. The summed E-state index contributed by atoms with van der Waals surface area (Å²) in [4.78, 5) is 4.15. The number of β-amino-alcohol motifs (C(OH)–C–C–N with tert-alkyl or cyclic N) is 1. The van der Waals surface area contributed by atoms with E-state index < -0.39 is 29.6 Å². The third-order valence-electron chi connectivity index (χ3n) is 5.54. The fraction of sp³-hybridized carbons (Fsp3) is 0.391. The number of nitrogens with zero attached hydrogens (tertiary/aromatic N) is 2. The summed E-state index contributed by atoms with van der Waals surface area (Å²) in [6.45, 7) is 0.289. The summed E-state index contributed by atoms with van der Waals surface area (Å²) in [5.74, 6) is -0.228. The molecule has 0 aliphatic carbocycles. The summed E-state index contributed by atoms with van der Waals surface area (Å²) in [6, 6.07) is 7.64. The number of ether oxygens (including phenoxy) is 1. The molecule has 4 rings (SSSR count). The van der Waals surface area contributed by atoms with E-state index in [1.54, 1.807) is 0 Å². The average molecular weight is 501 g/mol. The first-order valence-corrected chi connectivity index (χ1v) is 10.8. The monoisotopic (exact) mass is 501 g/mol. The van der Waals surface area contributed by atoms with Crippen LogP contribution in [0.25, 0.3) is 11.4 Å². The second-order valence-electron chi connectivity index (χ2n) is 8.16. The number of rotatable bonds is 7. The number of hydrogen-bond acceptors (Lipinski definition) is 6. The molecule has 0 radical (unpaired) electrons. The van der Waals surface area contributed by atoms with Crippen molar-refractivity contribution in [2.24, 2.45) is 0 Å². The summed E-state index contributed by atoms with van der Waals surface area (Å²) in [6.07, 6.45) is -8.70. The minimum Gasteiger partial charge on any atom is -0.493 e. The van der Waals surface area contributed by atoms with Crippen LogP contribution in [0.4, 0.5) is 26.3 Å². The highest BCUT2D eigenvalue weighted by Gasteiger charge is 2.35. The number of benzene rings is 2. The van der Waals surface area contributed by atoms with Gasteiger partial charge in [-0.25, -0.2) is 0 Å². The lowest BCUT2D eigenvalue weighted by atomic mass is 10.1. The minimum absolute atomic E-state index is 0.0254. The SMILES string of the molecule is O[C@H]1CN[C@H](c2nc(-c3ccc(OCCCc4ccc(C(F)(F)F)cc4)c(C(F)(F)F)c3)no2)C1. The number of aryl methyl sites for hydroxylation is 1. The van der Waals surface area contributed by atoms with Crippen LogP contribution >= 0.6 is 0 Å². The van der Waals surface area contributed by atoms with Crippen LogP contribution in [0.15, 0.2) is 47.0 Å². The fourth-order valence-electron chi connectivity index (χ4n) is 3.73. The molecule has 0 bridgehead atoms. The van der Waals surface area contributed by atoms with E-state index in [0.29, 0.717) is 31.4 Å². The van der Waals surface area contributed by atoms with Crippen molar-refractivity contribution in [1.29, 1.82) is 0 Å². The Kier molecular flexibility index (Phi) is 7.04. The summed E-state index contributed by atoms with van der Waals surface area (Å²) < 4.78 is 89.4. The maximum atomic E-state index is 13.7. The molecule has 1 aliphatic heterocycles. The number of aliphatic hydroxyl groups excluding tert-OH is 1. The van der Waals surface area contributed by atoms with Crippen LogP contribution in [0, 0.1) is 0 Å². The van der Waals surface area contributed by atoms with Crippen LogP contribution in [0.2, 0.25) is 0 Å². The Bertz CT molecular complexity index is 1140. The molecule has 0 saturated carbocycles. The molecule has 0 spiro atoms. The first-order chi connectivity index (χ1) is 16.5. The molecule has 12 heteroatoms. The maximum absolute atomic E-state index is 13.7. The van der Waals surface area contributed by atoms with Gasteiger partial charge in [-0.3, -0.25) is 0 Å². The standard InChI is InChI=1S/C23H21F6N3O3/c24-22(25,26)15-6-3-13(4-7-15)2-1-9-34-19-8-5-14(10-17(19)23(27,28)29)20-31-21(35-32-20)18-11-16(33)12-30-18/h3-8,10,16,18,30,33H,1-2,9,11-12H2/t16-,18+/m1/s1. The highest BCUT2D eigenvalue weighted by molar-refractivity contribution is 5.59. The van der Waals surface area contributed by atoms with E-state index in [4.69, 9.17) is 9.26 Å². The number of nitrogens with one attached hydrogen (secondary N) is 1. The van der Waals surface area contributed by atoms with Crippen LogP contribution < -0.4 is 10.1 Å². The van der Waals surface area contributed by atoms with Crippen molar-refractivity contribution in [2.45, 2.75) is 43.8 Å². The lowest BCUT2D eigenvalue weighted by molar-refractivity contribution is -0.139. The summed E-state index contributed by atoms with van der Waals surface area (Å²) >= 11 is 0. The fourth-order valence-corrected chi connectivity index (χ4v) is 3.73. The molecule has 2 aromatic carbocycles. The van der Waals surface area contributed by atoms with Gasteiger partial charge >= 0.3 is 12.4 Å². The summed E-state index contributed by atoms with van der Waals surface area (Å²) in [7, 11) is 0. The van der Waals surface area contributed by atoms with Crippen LogP contribution in [0.1, 0.15) is 41.5 Å². The first kappa shape index (κ1) is 25.0. The van der Waals surface area contributed by atoms with Gasteiger partial charge in [-0.05, 0) is 55.2 Å². The van der Waals surface area contributed by atoms with Crippen molar-refractivity contribution in [3.63, 3.8) is 0 Å². The molecule has 2 heterocycles. The number of alkyl halides is 6. The van der Waals surface area contributed by atoms with Crippen LogP contribution in [0.5, 0.6) is 5.75 Å². The highest BCUT2D eigenvalue weighted by atomic mass is 19.4. The summed E-state index contributed by atoms with van der Waals surface area (Å²) in [5.41, 5.74) is -1.07. The van der Waals surface area contributed by atoms with E-state index in [9.17, 15) is 31.4 Å². The molecule has 6 nitrogen and oxygen atoms in total. The molecular weight excluding hydrogens is 480 g/mol. The molecule has 3 aromatic rings. The van der Waals surface area contributed by atoms with Crippen molar-refractivity contribution < 1.29 is 40.7 Å². The Labute approximate surface area is 195 Å². The molecule has 35 heavy (non-hydrogen) atoms. The van der Waals surface area contributed by atoms with Gasteiger partial charge < -0.3 is 19.7 Å². The van der Waals surface area contributed by atoms with Crippen molar-refractivity contribution in [3.05, 3.63) is 65.0 Å². The Hall–Kier alpha value is -3.12. The quantitative estimate of drug-likeness (QED) is 0.343. The largest absolute Gasteiger partial charge is 0.493 e. The number of halogens is 6. The van der Waals surface area contributed by atoms with E-state index in [0.717, 1.165) is 18.2 Å². The zero-order chi connectivity index (χ0) is 25.2. The molecule has 2 N–H and O–H groups in total. The number of aromatic nitrogens is 2. The first-order valence-electron chi connectivity index (χ1n) is 10.8. The van der Waals surface area contributed by atoms with Crippen molar-refractivity contribution in [2.75, 3.05) is 13.2 Å². The van der Waals surface area contributed by atoms with Gasteiger partial charge in [-0.2, -0.15) is 31.3 Å². The van der Waals surface area contributed by atoms with Gasteiger partial charge in [0.25, 0.3) is 0 Å². The van der Waals surface area contributed by atoms with E-state index in [-0.39, 0.29) is 35.7 Å². The number of aliphatic hydroxyl groups is 1. The normalized spacial score (nSPS) is 18.7. The molecule has 0 unspecified atom stereocenters. The predicted molar refractivity (Wildman–Crippen MR) is 111 cm³/mol. The second-order valence-corrected chi connectivity index (χ2v) is 8.16. The topological polar surface area (TPSA) is 80.4 Å². The number of hydrogen-bond donors (Lipinski definition) is 2. The van der Waals surface area contributed by atoms with E-state index >= 15 is 0 Å². The minimum atomic E-state index is -4.71. The molecular formula is C23H21F6N3O3. The van der Waals surface area contributed by atoms with Crippen LogP contribution in [-0.2, 0) is 18.8 Å². The summed E-state index contributed by atoms with van der Waals surface area (Å²) in [5, 5.41) is 16.3. The van der Waals surface area contributed by atoms with Crippen LogP contribution in [-0.4, -0.2) is 34.5 Å². The molecule has 1 aromatic heterocycles. The molecule has 0 amide bonds. The van der Waals surface area contributed by atoms with Crippen molar-refractivity contribution >= 4 is 0 Å². The smallest absolute Gasteiger partial charge is 0.419 e. The molecule has 1 aliphatic rings. The molecule has 1 fully saturated rings. The lowest BCUT2D eigenvalue weighted by Gasteiger charge is -2.15. The molecule has 2 atom stereocenters. The molecule has 188 valence electrons. The Morgan fingerprint density at radius 3 is 2.40 bits per heavy atom. The zero-order valence-corrected chi connectivity index (χ0v) is 18.2. The van der Waals surface area contributed by atoms with Crippen molar-refractivity contribution in [1.82, 2.24) is 15.5 Å². The van der Waals surface area contributed by atoms with E-state index in [2.05, 4.69) is 15.5 Å². The van der Waals surface area contributed by atoms with Gasteiger partial charge in [0.2, 0.25) is 11.7 Å². The Morgan fingerprint density at radius 2 is 1.77 bits per heavy atom. The van der Waals surface area contributed by atoms with Gasteiger partial charge in [0, 0.05) is 12.1 Å². The van der Waals surface area contributed by atoms with E-state index in [1.165, 1.54) is 24.3 Å². The molecule has 1 saturated heterocycles. The Balaban J connectivity index is 1.41. The van der Waals surface area contributed by atoms with E-state index in [1.807, 2.05) is 0 Å². The van der Waals surface area contributed by atoms with Gasteiger partial charge in [0.05, 0.1) is 29.9 Å². The third kappa shape index (κ3) is 6.12. The van der Waals surface area contributed by atoms with Gasteiger partial charge in [0.15, 0.2) is 0 Å². The van der Waals surface area contributed by atoms with Crippen LogP contribution in [0.3, 0.4) is 0 Å². The predicted octanol–water partition coefficient (Wildman–Crippen LogP) is 5.18. The van der Waals surface area contributed by atoms with Crippen molar-refractivity contribution in [3.8, 4) is 17.1 Å².